The van der Waals surface area contributed by atoms with Crippen molar-refractivity contribution >= 4 is 22.6 Å². The van der Waals surface area contributed by atoms with Crippen LogP contribution >= 0.6 is 22.6 Å². The first-order valence-corrected chi connectivity index (χ1v) is 7.82. The highest BCUT2D eigenvalue weighted by atomic mass is 127. The van der Waals surface area contributed by atoms with Crippen molar-refractivity contribution in [2.24, 2.45) is 5.73 Å². The van der Waals surface area contributed by atoms with E-state index in [1.54, 1.807) is 6.07 Å². The molecule has 0 radical (unpaired) electrons. The number of phenolic OH excluding ortho intramolecular Hbond substituents is 2. The summed E-state index contributed by atoms with van der Waals surface area (Å²) >= 11 is 2.25. The maximum Gasteiger partial charge on any atom is 0.161 e. The smallest absolute Gasteiger partial charge is 0.161 e. The summed E-state index contributed by atoms with van der Waals surface area (Å²) in [5.41, 5.74) is 8.42. The highest BCUT2D eigenvalue weighted by molar-refractivity contribution is 14.1. The maximum atomic E-state index is 10.1. The number of halogens is 1. The molecule has 21 heavy (non-hydrogen) atoms. The molecule has 0 bridgehead atoms. The van der Waals surface area contributed by atoms with E-state index in [2.05, 4.69) is 22.6 Å². The van der Waals surface area contributed by atoms with Gasteiger partial charge in [-0.2, -0.15) is 0 Å². The van der Waals surface area contributed by atoms with Gasteiger partial charge >= 0.3 is 0 Å². The Hall–Kier alpha value is -1.31. The fourth-order valence-electron chi connectivity index (χ4n) is 2.72. The molecule has 2 aromatic rings. The molecule has 0 saturated heterocycles. The molecule has 1 aliphatic rings. The first-order valence-electron chi connectivity index (χ1n) is 6.75. The van der Waals surface area contributed by atoms with E-state index in [1.165, 1.54) is 6.07 Å². The van der Waals surface area contributed by atoms with Crippen LogP contribution in [-0.4, -0.2) is 16.8 Å². The zero-order valence-electron chi connectivity index (χ0n) is 11.3. The van der Waals surface area contributed by atoms with Gasteiger partial charge in [-0.3, -0.25) is 0 Å². The van der Waals surface area contributed by atoms with Crippen molar-refractivity contribution in [2.45, 2.75) is 18.6 Å². The van der Waals surface area contributed by atoms with E-state index in [1.807, 2.05) is 24.3 Å². The highest BCUT2D eigenvalue weighted by Gasteiger charge is 2.30. The molecule has 4 nitrogen and oxygen atoms in total. The Morgan fingerprint density at radius 2 is 1.86 bits per heavy atom. The highest BCUT2D eigenvalue weighted by Crippen LogP contribution is 2.43. The number of hydrogen-bond donors (Lipinski definition) is 3. The number of rotatable bonds is 2. The molecule has 0 aromatic heterocycles. The van der Waals surface area contributed by atoms with Crippen LogP contribution in [0, 0.1) is 3.57 Å². The maximum absolute atomic E-state index is 10.1. The molecule has 3 rings (SSSR count). The zero-order chi connectivity index (χ0) is 15.0. The van der Waals surface area contributed by atoms with E-state index < -0.39 is 0 Å². The molecule has 0 amide bonds. The lowest BCUT2D eigenvalue weighted by Crippen LogP contribution is -2.25. The third-order valence-electron chi connectivity index (χ3n) is 3.82. The van der Waals surface area contributed by atoms with Gasteiger partial charge in [-0.25, -0.2) is 0 Å². The Morgan fingerprint density at radius 3 is 2.52 bits per heavy atom. The average Bonchev–Trinajstić information content (AvgIpc) is 2.51. The molecule has 1 heterocycles. The number of ether oxygens (including phenoxy) is 1. The second kappa shape index (κ2) is 5.82. The van der Waals surface area contributed by atoms with Crippen molar-refractivity contribution in [3.8, 4) is 11.5 Å². The van der Waals surface area contributed by atoms with Crippen LogP contribution in [0.1, 0.15) is 28.9 Å². The van der Waals surface area contributed by atoms with Crippen LogP contribution in [0.4, 0.5) is 0 Å². The van der Waals surface area contributed by atoms with E-state index in [4.69, 9.17) is 10.5 Å². The molecule has 1 unspecified atom stereocenters. The van der Waals surface area contributed by atoms with Gasteiger partial charge in [0.15, 0.2) is 11.5 Å². The fourth-order valence-corrected chi connectivity index (χ4v) is 3.08. The van der Waals surface area contributed by atoms with Gasteiger partial charge in [-0.05, 0) is 51.9 Å². The Balaban J connectivity index is 2.01. The minimum Gasteiger partial charge on any atom is -0.504 e. The molecule has 2 aromatic carbocycles. The lowest BCUT2D eigenvalue weighted by atomic mass is 9.90. The monoisotopic (exact) mass is 397 g/mol. The standard InChI is InChI=1S/C16H16INO3/c17-10-3-1-9(2-4-10)14-7-12-11(15(8-18)21-14)5-6-13(19)16(12)20/h1-6,14-15,19-20H,7-8,18H2/t14?,15-/m0/s1. The lowest BCUT2D eigenvalue weighted by Gasteiger charge is -2.32. The SMILES string of the molecule is NC[C@@H]1OC(c2ccc(I)cc2)Cc2c1ccc(O)c2O. The summed E-state index contributed by atoms with van der Waals surface area (Å²) in [6.07, 6.45) is 0.0763. The van der Waals surface area contributed by atoms with Crippen LogP contribution < -0.4 is 5.73 Å². The molecule has 0 spiro atoms. The van der Waals surface area contributed by atoms with Gasteiger partial charge in [0.1, 0.15) is 0 Å². The van der Waals surface area contributed by atoms with Gasteiger partial charge in [0, 0.05) is 22.1 Å². The Bertz CT molecular complexity index is 657. The van der Waals surface area contributed by atoms with Crippen molar-refractivity contribution in [1.82, 2.24) is 0 Å². The number of phenols is 2. The van der Waals surface area contributed by atoms with Crippen molar-refractivity contribution in [1.29, 1.82) is 0 Å². The normalized spacial score (nSPS) is 21.0. The predicted octanol–water partition coefficient (Wildman–Crippen LogP) is 3.02. The summed E-state index contributed by atoms with van der Waals surface area (Å²) in [5, 5.41) is 19.8. The van der Waals surface area contributed by atoms with Gasteiger partial charge < -0.3 is 20.7 Å². The van der Waals surface area contributed by atoms with Crippen LogP contribution in [0.2, 0.25) is 0 Å². The molecule has 0 saturated carbocycles. The van der Waals surface area contributed by atoms with Crippen molar-refractivity contribution < 1.29 is 14.9 Å². The lowest BCUT2D eigenvalue weighted by molar-refractivity contribution is -0.0231. The first-order chi connectivity index (χ1) is 10.1. The van der Waals surface area contributed by atoms with Crippen molar-refractivity contribution in [3.05, 3.63) is 56.7 Å². The van der Waals surface area contributed by atoms with Crippen LogP contribution in [0.25, 0.3) is 0 Å². The summed E-state index contributed by atoms with van der Waals surface area (Å²) in [5.74, 6) is -0.169. The third kappa shape index (κ3) is 2.73. The molecular weight excluding hydrogens is 381 g/mol. The summed E-state index contributed by atoms with van der Waals surface area (Å²) in [4.78, 5) is 0. The van der Waals surface area contributed by atoms with Crippen LogP contribution in [0.5, 0.6) is 11.5 Å². The molecule has 1 aliphatic heterocycles. The largest absolute Gasteiger partial charge is 0.504 e. The minimum atomic E-state index is -0.274. The first kappa shape index (κ1) is 14.6. The minimum absolute atomic E-state index is 0.0650. The van der Waals surface area contributed by atoms with Gasteiger partial charge in [-0.15, -0.1) is 0 Å². The Kier molecular flexibility index (Phi) is 4.05. The van der Waals surface area contributed by atoms with Gasteiger partial charge in [0.25, 0.3) is 0 Å². The molecule has 0 aliphatic carbocycles. The molecule has 4 N–H and O–H groups in total. The zero-order valence-corrected chi connectivity index (χ0v) is 13.4. The summed E-state index contributed by atoms with van der Waals surface area (Å²) in [6.45, 7) is 0.331. The third-order valence-corrected chi connectivity index (χ3v) is 4.54. The second-order valence-corrected chi connectivity index (χ2v) is 6.35. The average molecular weight is 397 g/mol. The molecule has 0 fully saturated rings. The quantitative estimate of drug-likeness (QED) is 0.538. The number of hydrogen-bond acceptors (Lipinski definition) is 4. The summed E-state index contributed by atoms with van der Waals surface area (Å²) in [6, 6.07) is 11.3. The fraction of sp³-hybridized carbons (Fsp3) is 0.250. The number of nitrogens with two attached hydrogens (primary N) is 1. The van der Waals surface area contributed by atoms with E-state index in [9.17, 15) is 10.2 Å². The van der Waals surface area contributed by atoms with E-state index in [-0.39, 0.29) is 23.7 Å². The predicted molar refractivity (Wildman–Crippen MR) is 88.3 cm³/mol. The summed E-state index contributed by atoms with van der Waals surface area (Å²) in [7, 11) is 0. The Morgan fingerprint density at radius 1 is 1.14 bits per heavy atom. The molecule has 110 valence electrons. The topological polar surface area (TPSA) is 75.7 Å². The second-order valence-electron chi connectivity index (χ2n) is 5.11. The number of benzene rings is 2. The van der Waals surface area contributed by atoms with E-state index in [0.717, 1.165) is 20.3 Å². The van der Waals surface area contributed by atoms with Gasteiger partial charge in [0.2, 0.25) is 0 Å². The van der Waals surface area contributed by atoms with E-state index in [0.29, 0.717) is 13.0 Å². The van der Waals surface area contributed by atoms with Crippen molar-refractivity contribution in [3.63, 3.8) is 0 Å². The van der Waals surface area contributed by atoms with Crippen LogP contribution in [0.3, 0.4) is 0 Å². The summed E-state index contributed by atoms with van der Waals surface area (Å²) < 4.78 is 7.22. The van der Waals surface area contributed by atoms with E-state index >= 15 is 0 Å². The van der Waals surface area contributed by atoms with Gasteiger partial charge in [0.05, 0.1) is 12.2 Å². The molecule has 5 heteroatoms. The Labute approximate surface area is 136 Å². The van der Waals surface area contributed by atoms with Crippen LogP contribution in [-0.2, 0) is 11.2 Å². The number of aromatic hydroxyl groups is 2. The van der Waals surface area contributed by atoms with Crippen molar-refractivity contribution in [2.75, 3.05) is 6.54 Å². The molecular formula is C16H16INO3. The molecule has 2 atom stereocenters. The van der Waals surface area contributed by atoms with Crippen LogP contribution in [0.15, 0.2) is 36.4 Å². The number of fused-ring (bicyclic) bond motifs is 1. The van der Waals surface area contributed by atoms with Gasteiger partial charge in [-0.1, -0.05) is 18.2 Å².